The molecule has 2 heterocycles. The van der Waals surface area contributed by atoms with E-state index in [0.29, 0.717) is 11.5 Å². The summed E-state index contributed by atoms with van der Waals surface area (Å²) in [5.74, 6) is -0.509. The molecule has 1 N–H and O–H groups in total. The highest BCUT2D eigenvalue weighted by atomic mass is 16.4. The Morgan fingerprint density at radius 3 is 2.68 bits per heavy atom. The minimum absolute atomic E-state index is 0.153. The summed E-state index contributed by atoms with van der Waals surface area (Å²) in [5, 5.41) is 20.4. The molecule has 0 unspecified atom stereocenters. The van der Waals surface area contributed by atoms with Gasteiger partial charge in [-0.1, -0.05) is 0 Å². The molecule has 0 radical (unpaired) electrons. The molecular weight excluding hydrogens is 248 g/mol. The number of aromatic nitrogens is 6. The zero-order valence-electron chi connectivity index (χ0n) is 10.9. The van der Waals surface area contributed by atoms with Crippen molar-refractivity contribution in [3.63, 3.8) is 0 Å². The third kappa shape index (κ3) is 2.72. The molecule has 8 nitrogen and oxygen atoms in total. The maximum absolute atomic E-state index is 11.1. The number of hydrogen-bond donors (Lipinski definition) is 1. The lowest BCUT2D eigenvalue weighted by Gasteiger charge is -2.18. The van der Waals surface area contributed by atoms with Gasteiger partial charge >= 0.3 is 5.97 Å². The Kier molecular flexibility index (Phi) is 3.24. The van der Waals surface area contributed by atoms with E-state index in [9.17, 15) is 4.79 Å². The Labute approximate surface area is 109 Å². The molecule has 0 aliphatic heterocycles. The summed E-state index contributed by atoms with van der Waals surface area (Å²) in [5.41, 5.74) is 0.327. The minimum atomic E-state index is -0.970. The zero-order valence-corrected chi connectivity index (χ0v) is 10.9. The standard InChI is InChI=1S/C11H14N6O2/c1-7-4-13-8(5-12-7)9-14-15-16-17(9)6-11(2,3)10(18)19/h4-5H,6H2,1-3H3,(H,18,19). The van der Waals surface area contributed by atoms with Crippen molar-refractivity contribution in [3.8, 4) is 11.5 Å². The van der Waals surface area contributed by atoms with Crippen LogP contribution >= 0.6 is 0 Å². The van der Waals surface area contributed by atoms with Crippen LogP contribution in [0.3, 0.4) is 0 Å². The van der Waals surface area contributed by atoms with Crippen LogP contribution < -0.4 is 0 Å². The molecule has 0 saturated heterocycles. The molecule has 0 aliphatic rings. The highest BCUT2D eigenvalue weighted by Gasteiger charge is 2.29. The molecule has 2 aromatic heterocycles. The van der Waals surface area contributed by atoms with Crippen molar-refractivity contribution in [3.05, 3.63) is 18.1 Å². The molecule has 0 saturated carbocycles. The number of rotatable bonds is 4. The van der Waals surface area contributed by atoms with E-state index in [0.717, 1.165) is 5.69 Å². The summed E-state index contributed by atoms with van der Waals surface area (Å²) in [6.07, 6.45) is 3.17. The largest absolute Gasteiger partial charge is 0.481 e. The van der Waals surface area contributed by atoms with Crippen molar-refractivity contribution < 1.29 is 9.90 Å². The summed E-state index contributed by atoms with van der Waals surface area (Å²) in [6.45, 7) is 5.21. The van der Waals surface area contributed by atoms with Gasteiger partial charge in [0.2, 0.25) is 5.82 Å². The van der Waals surface area contributed by atoms with Gasteiger partial charge in [-0.2, -0.15) is 0 Å². The fraction of sp³-hybridized carbons (Fsp3) is 0.455. The van der Waals surface area contributed by atoms with Crippen LogP contribution in [0.15, 0.2) is 12.4 Å². The number of carbonyl (C=O) groups is 1. The molecular formula is C11H14N6O2. The Balaban J connectivity index is 2.33. The predicted molar refractivity (Wildman–Crippen MR) is 65.0 cm³/mol. The van der Waals surface area contributed by atoms with Crippen LogP contribution in [-0.4, -0.2) is 41.3 Å². The van der Waals surface area contributed by atoms with Gasteiger partial charge in [-0.05, 0) is 31.2 Å². The van der Waals surface area contributed by atoms with Crippen molar-refractivity contribution in [2.45, 2.75) is 27.3 Å². The first kappa shape index (κ1) is 13.1. The van der Waals surface area contributed by atoms with Crippen LogP contribution in [0.4, 0.5) is 0 Å². The number of hydrogen-bond acceptors (Lipinski definition) is 6. The third-order valence-electron chi connectivity index (χ3n) is 2.67. The van der Waals surface area contributed by atoms with Gasteiger partial charge < -0.3 is 5.11 Å². The molecule has 0 aromatic carbocycles. The van der Waals surface area contributed by atoms with Crippen LogP contribution in [0.1, 0.15) is 19.5 Å². The molecule has 0 amide bonds. The summed E-state index contributed by atoms with van der Waals surface area (Å²) in [4.78, 5) is 19.4. The summed E-state index contributed by atoms with van der Waals surface area (Å²) < 4.78 is 1.42. The lowest BCUT2D eigenvalue weighted by molar-refractivity contribution is -0.147. The van der Waals surface area contributed by atoms with E-state index in [1.54, 1.807) is 26.2 Å². The summed E-state index contributed by atoms with van der Waals surface area (Å²) in [7, 11) is 0. The van der Waals surface area contributed by atoms with Gasteiger partial charge in [0.25, 0.3) is 0 Å². The van der Waals surface area contributed by atoms with Crippen LogP contribution in [-0.2, 0) is 11.3 Å². The minimum Gasteiger partial charge on any atom is -0.481 e. The molecule has 0 aliphatic carbocycles. The number of nitrogens with zero attached hydrogens (tertiary/aromatic N) is 6. The van der Waals surface area contributed by atoms with Crippen molar-refractivity contribution in [2.24, 2.45) is 5.41 Å². The van der Waals surface area contributed by atoms with E-state index < -0.39 is 11.4 Å². The van der Waals surface area contributed by atoms with Gasteiger partial charge in [-0.25, -0.2) is 9.67 Å². The number of tetrazole rings is 1. The number of carboxylic acids is 1. The second kappa shape index (κ2) is 4.71. The van der Waals surface area contributed by atoms with Gasteiger partial charge in [0.15, 0.2) is 0 Å². The van der Waals surface area contributed by atoms with E-state index in [2.05, 4.69) is 25.5 Å². The maximum Gasteiger partial charge on any atom is 0.310 e. The van der Waals surface area contributed by atoms with Gasteiger partial charge in [0, 0.05) is 6.20 Å². The van der Waals surface area contributed by atoms with Crippen molar-refractivity contribution in [2.75, 3.05) is 0 Å². The number of aryl methyl sites for hydroxylation is 1. The Morgan fingerprint density at radius 1 is 1.37 bits per heavy atom. The first-order chi connectivity index (χ1) is 8.90. The van der Waals surface area contributed by atoms with E-state index in [1.165, 1.54) is 4.68 Å². The smallest absolute Gasteiger partial charge is 0.310 e. The molecule has 0 bridgehead atoms. The summed E-state index contributed by atoms with van der Waals surface area (Å²) >= 11 is 0. The first-order valence-electron chi connectivity index (χ1n) is 5.69. The van der Waals surface area contributed by atoms with Crippen LogP contribution in [0.5, 0.6) is 0 Å². The molecule has 0 fully saturated rings. The molecule has 19 heavy (non-hydrogen) atoms. The zero-order chi connectivity index (χ0) is 14.0. The number of aliphatic carboxylic acids is 1. The molecule has 8 heteroatoms. The van der Waals surface area contributed by atoms with Gasteiger partial charge in [-0.3, -0.25) is 9.78 Å². The lowest BCUT2D eigenvalue weighted by Crippen LogP contribution is -2.30. The fourth-order valence-electron chi connectivity index (χ4n) is 1.44. The molecule has 0 spiro atoms. The Hall–Kier alpha value is -2.38. The average Bonchev–Trinajstić information content (AvgIpc) is 2.77. The fourth-order valence-corrected chi connectivity index (χ4v) is 1.44. The van der Waals surface area contributed by atoms with Crippen molar-refractivity contribution >= 4 is 5.97 Å². The monoisotopic (exact) mass is 262 g/mol. The highest BCUT2D eigenvalue weighted by molar-refractivity contribution is 5.73. The third-order valence-corrected chi connectivity index (χ3v) is 2.67. The van der Waals surface area contributed by atoms with Gasteiger partial charge in [-0.15, -0.1) is 5.10 Å². The lowest BCUT2D eigenvalue weighted by atomic mass is 9.94. The van der Waals surface area contributed by atoms with Crippen LogP contribution in [0, 0.1) is 12.3 Å². The highest BCUT2D eigenvalue weighted by Crippen LogP contribution is 2.20. The second-order valence-corrected chi connectivity index (χ2v) is 4.89. The predicted octanol–water partition coefficient (Wildman–Crippen LogP) is 0.549. The Bertz CT molecular complexity index is 589. The van der Waals surface area contributed by atoms with E-state index in [-0.39, 0.29) is 6.54 Å². The van der Waals surface area contributed by atoms with Crippen molar-refractivity contribution in [1.29, 1.82) is 0 Å². The van der Waals surface area contributed by atoms with Crippen LogP contribution in [0.25, 0.3) is 11.5 Å². The molecule has 0 atom stereocenters. The maximum atomic E-state index is 11.1. The van der Waals surface area contributed by atoms with E-state index in [4.69, 9.17) is 5.11 Å². The SMILES string of the molecule is Cc1cnc(-c2nnnn2CC(C)(C)C(=O)O)cn1. The molecule has 100 valence electrons. The van der Waals surface area contributed by atoms with E-state index >= 15 is 0 Å². The normalized spacial score (nSPS) is 11.5. The molecule has 2 aromatic rings. The van der Waals surface area contributed by atoms with Gasteiger partial charge in [0.05, 0.1) is 23.9 Å². The van der Waals surface area contributed by atoms with Crippen LogP contribution in [0.2, 0.25) is 0 Å². The quantitative estimate of drug-likeness (QED) is 0.857. The first-order valence-corrected chi connectivity index (χ1v) is 5.69. The second-order valence-electron chi connectivity index (χ2n) is 4.89. The Morgan fingerprint density at radius 2 is 2.11 bits per heavy atom. The number of carboxylic acid groups (broad SMARTS) is 1. The van der Waals surface area contributed by atoms with Crippen molar-refractivity contribution in [1.82, 2.24) is 30.2 Å². The average molecular weight is 262 g/mol. The topological polar surface area (TPSA) is 107 Å². The summed E-state index contributed by atoms with van der Waals surface area (Å²) in [6, 6.07) is 0. The van der Waals surface area contributed by atoms with Gasteiger partial charge in [0.1, 0.15) is 5.69 Å². The van der Waals surface area contributed by atoms with E-state index in [1.807, 2.05) is 6.92 Å². The molecule has 2 rings (SSSR count).